The summed E-state index contributed by atoms with van der Waals surface area (Å²) in [4.78, 5) is 0. The molecule has 2 rings (SSSR count). The second-order valence-electron chi connectivity index (χ2n) is 5.43. The molecule has 3 nitrogen and oxygen atoms in total. The molecule has 1 fully saturated rings. The first-order chi connectivity index (χ1) is 8.63. The van der Waals surface area contributed by atoms with Gasteiger partial charge in [0.05, 0.1) is 15.9 Å². The quantitative estimate of drug-likeness (QED) is 0.904. The Balaban J connectivity index is 2.03. The molecule has 0 amide bonds. The Bertz CT molecular complexity index is 400. The van der Waals surface area contributed by atoms with E-state index in [0.717, 1.165) is 24.6 Å². The Kier molecular flexibility index (Phi) is 4.84. The SMILES string of the molecule is CCCNC1CCCC1Cc1c(Br)c(C)nn1C. The van der Waals surface area contributed by atoms with Gasteiger partial charge in [0.2, 0.25) is 0 Å². The monoisotopic (exact) mass is 313 g/mol. The predicted molar refractivity (Wildman–Crippen MR) is 78.8 cm³/mol. The van der Waals surface area contributed by atoms with Crippen LogP contribution in [0.4, 0.5) is 0 Å². The molecular formula is C14H24BrN3. The van der Waals surface area contributed by atoms with Gasteiger partial charge >= 0.3 is 0 Å². The molecule has 0 bridgehead atoms. The molecule has 1 saturated carbocycles. The topological polar surface area (TPSA) is 29.9 Å². The van der Waals surface area contributed by atoms with Gasteiger partial charge in [0.25, 0.3) is 0 Å². The lowest BCUT2D eigenvalue weighted by molar-refractivity contribution is 0.391. The first-order valence-corrected chi connectivity index (χ1v) is 7.84. The lowest BCUT2D eigenvalue weighted by Gasteiger charge is -2.21. The van der Waals surface area contributed by atoms with Gasteiger partial charge in [0, 0.05) is 13.1 Å². The summed E-state index contributed by atoms with van der Waals surface area (Å²) in [6.07, 6.45) is 6.40. The summed E-state index contributed by atoms with van der Waals surface area (Å²) in [5.74, 6) is 0.766. The third kappa shape index (κ3) is 2.97. The fraction of sp³-hybridized carbons (Fsp3) is 0.786. The van der Waals surface area contributed by atoms with Crippen LogP contribution in [-0.2, 0) is 13.5 Å². The highest BCUT2D eigenvalue weighted by molar-refractivity contribution is 9.10. The van der Waals surface area contributed by atoms with Crippen molar-refractivity contribution in [1.29, 1.82) is 0 Å². The Hall–Kier alpha value is -0.350. The van der Waals surface area contributed by atoms with E-state index in [0.29, 0.717) is 6.04 Å². The van der Waals surface area contributed by atoms with Crippen LogP contribution in [0.25, 0.3) is 0 Å². The Labute approximate surface area is 118 Å². The van der Waals surface area contributed by atoms with Crippen LogP contribution in [0, 0.1) is 12.8 Å². The molecule has 1 aliphatic rings. The van der Waals surface area contributed by atoms with Crippen molar-refractivity contribution >= 4 is 15.9 Å². The zero-order valence-corrected chi connectivity index (χ0v) is 13.3. The highest BCUT2D eigenvalue weighted by Gasteiger charge is 2.28. The van der Waals surface area contributed by atoms with Crippen LogP contribution in [0.3, 0.4) is 0 Å². The van der Waals surface area contributed by atoms with Gasteiger partial charge in [-0.15, -0.1) is 0 Å². The van der Waals surface area contributed by atoms with Crippen LogP contribution in [0.5, 0.6) is 0 Å². The maximum absolute atomic E-state index is 4.49. The number of nitrogens with zero attached hydrogens (tertiary/aromatic N) is 2. The smallest absolute Gasteiger partial charge is 0.0738 e. The van der Waals surface area contributed by atoms with Crippen molar-refractivity contribution in [2.75, 3.05) is 6.54 Å². The van der Waals surface area contributed by atoms with Gasteiger partial charge in [0.15, 0.2) is 0 Å². The van der Waals surface area contributed by atoms with Crippen molar-refractivity contribution in [3.8, 4) is 0 Å². The van der Waals surface area contributed by atoms with E-state index in [1.807, 2.05) is 4.68 Å². The summed E-state index contributed by atoms with van der Waals surface area (Å²) in [5.41, 5.74) is 2.45. The molecular weight excluding hydrogens is 290 g/mol. The number of aryl methyl sites for hydroxylation is 2. The highest BCUT2D eigenvalue weighted by atomic mass is 79.9. The van der Waals surface area contributed by atoms with Crippen LogP contribution < -0.4 is 5.32 Å². The number of aromatic nitrogens is 2. The van der Waals surface area contributed by atoms with Crippen LogP contribution in [0.2, 0.25) is 0 Å². The molecule has 102 valence electrons. The number of hydrogen-bond donors (Lipinski definition) is 1. The fourth-order valence-electron chi connectivity index (χ4n) is 3.03. The number of nitrogens with one attached hydrogen (secondary N) is 1. The molecule has 1 heterocycles. The zero-order chi connectivity index (χ0) is 13.1. The van der Waals surface area contributed by atoms with Gasteiger partial charge in [-0.3, -0.25) is 4.68 Å². The summed E-state index contributed by atoms with van der Waals surface area (Å²) in [5, 5.41) is 8.19. The highest BCUT2D eigenvalue weighted by Crippen LogP contribution is 2.31. The van der Waals surface area contributed by atoms with E-state index in [2.05, 4.69) is 47.2 Å². The van der Waals surface area contributed by atoms with E-state index in [-0.39, 0.29) is 0 Å². The van der Waals surface area contributed by atoms with Gasteiger partial charge in [0.1, 0.15) is 0 Å². The first kappa shape index (κ1) is 14.1. The third-order valence-corrected chi connectivity index (χ3v) is 5.06. The number of rotatable bonds is 5. The summed E-state index contributed by atoms with van der Waals surface area (Å²) in [6, 6.07) is 0.701. The lowest BCUT2D eigenvalue weighted by Crippen LogP contribution is -2.34. The molecule has 1 N–H and O–H groups in total. The first-order valence-electron chi connectivity index (χ1n) is 7.04. The number of hydrogen-bond acceptors (Lipinski definition) is 2. The van der Waals surface area contributed by atoms with E-state index in [4.69, 9.17) is 0 Å². The van der Waals surface area contributed by atoms with Crippen LogP contribution in [0.15, 0.2) is 4.47 Å². The van der Waals surface area contributed by atoms with Crippen molar-refractivity contribution < 1.29 is 0 Å². The molecule has 0 spiro atoms. The number of halogens is 1. The summed E-state index contributed by atoms with van der Waals surface area (Å²) in [6.45, 7) is 5.44. The van der Waals surface area contributed by atoms with Crippen molar-refractivity contribution in [2.24, 2.45) is 13.0 Å². The Morgan fingerprint density at radius 1 is 1.44 bits per heavy atom. The van der Waals surface area contributed by atoms with Crippen LogP contribution in [-0.4, -0.2) is 22.4 Å². The fourth-order valence-corrected chi connectivity index (χ4v) is 3.53. The summed E-state index contributed by atoms with van der Waals surface area (Å²) < 4.78 is 3.24. The zero-order valence-electron chi connectivity index (χ0n) is 11.7. The maximum atomic E-state index is 4.49. The van der Waals surface area contributed by atoms with Gasteiger partial charge in [-0.05, 0) is 61.0 Å². The van der Waals surface area contributed by atoms with E-state index >= 15 is 0 Å². The molecule has 0 radical (unpaired) electrons. The van der Waals surface area contributed by atoms with Gasteiger partial charge in [-0.25, -0.2) is 0 Å². The average molecular weight is 314 g/mol. The molecule has 0 aromatic carbocycles. The molecule has 18 heavy (non-hydrogen) atoms. The molecule has 2 atom stereocenters. The molecule has 1 aliphatic carbocycles. The molecule has 1 aromatic heterocycles. The van der Waals surface area contributed by atoms with E-state index in [1.54, 1.807) is 0 Å². The molecule has 2 unspecified atom stereocenters. The van der Waals surface area contributed by atoms with E-state index < -0.39 is 0 Å². The normalized spacial score (nSPS) is 23.8. The summed E-state index contributed by atoms with van der Waals surface area (Å²) in [7, 11) is 2.05. The summed E-state index contributed by atoms with van der Waals surface area (Å²) >= 11 is 3.68. The minimum absolute atomic E-state index is 0.701. The third-order valence-electron chi connectivity index (χ3n) is 4.03. The van der Waals surface area contributed by atoms with Gasteiger partial charge < -0.3 is 5.32 Å². The predicted octanol–water partition coefficient (Wildman–Crippen LogP) is 3.20. The molecule has 0 saturated heterocycles. The minimum Gasteiger partial charge on any atom is -0.314 e. The standard InChI is InChI=1S/C14H24BrN3/c1-4-8-16-12-7-5-6-11(12)9-13-14(15)10(2)17-18(13)3/h11-12,16H,4-9H2,1-3H3. The van der Waals surface area contributed by atoms with E-state index in [9.17, 15) is 0 Å². The lowest BCUT2D eigenvalue weighted by atomic mass is 9.97. The minimum atomic E-state index is 0.701. The molecule has 1 aromatic rings. The Morgan fingerprint density at radius 2 is 2.22 bits per heavy atom. The van der Waals surface area contributed by atoms with Crippen molar-refractivity contribution in [1.82, 2.24) is 15.1 Å². The Morgan fingerprint density at radius 3 is 2.83 bits per heavy atom. The van der Waals surface area contributed by atoms with E-state index in [1.165, 1.54) is 35.8 Å². The maximum Gasteiger partial charge on any atom is 0.0738 e. The largest absolute Gasteiger partial charge is 0.314 e. The van der Waals surface area contributed by atoms with Crippen molar-refractivity contribution in [3.63, 3.8) is 0 Å². The second-order valence-corrected chi connectivity index (χ2v) is 6.22. The molecule has 0 aliphatic heterocycles. The van der Waals surface area contributed by atoms with Crippen LogP contribution >= 0.6 is 15.9 Å². The molecule has 4 heteroatoms. The van der Waals surface area contributed by atoms with Crippen LogP contribution in [0.1, 0.15) is 44.0 Å². The van der Waals surface area contributed by atoms with Crippen molar-refractivity contribution in [3.05, 3.63) is 15.9 Å². The van der Waals surface area contributed by atoms with Crippen molar-refractivity contribution in [2.45, 2.75) is 52.0 Å². The van der Waals surface area contributed by atoms with Gasteiger partial charge in [-0.1, -0.05) is 13.3 Å². The second kappa shape index (κ2) is 6.20. The average Bonchev–Trinajstić information content (AvgIpc) is 2.87. The van der Waals surface area contributed by atoms with Gasteiger partial charge in [-0.2, -0.15) is 5.10 Å².